The van der Waals surface area contributed by atoms with Crippen molar-refractivity contribution in [3.05, 3.63) is 70.8 Å². The highest BCUT2D eigenvalue weighted by Gasteiger charge is 2.42. The van der Waals surface area contributed by atoms with Gasteiger partial charge >= 0.3 is 18.1 Å². The predicted octanol–water partition coefficient (Wildman–Crippen LogP) is 3.12. The second-order valence-electron chi connectivity index (χ2n) is 9.48. The van der Waals surface area contributed by atoms with Gasteiger partial charge in [0.15, 0.2) is 21.6 Å². The largest absolute Gasteiger partial charge is 0.459 e. The fourth-order valence-electron chi connectivity index (χ4n) is 4.23. The van der Waals surface area contributed by atoms with Gasteiger partial charge in [0.1, 0.15) is 6.61 Å². The molecule has 1 fully saturated rings. The number of hydrogen-bond donors (Lipinski definition) is 1. The summed E-state index contributed by atoms with van der Waals surface area (Å²) in [5.74, 6) is -1.28. The van der Waals surface area contributed by atoms with Gasteiger partial charge in [0.25, 0.3) is 4.98 Å². The molecule has 0 amide bonds. The molecule has 0 spiro atoms. The number of nitroso groups, excluding NO2 is 1. The van der Waals surface area contributed by atoms with Gasteiger partial charge in [0.2, 0.25) is 6.79 Å². The van der Waals surface area contributed by atoms with Crippen LogP contribution in [0.4, 0.5) is 13.2 Å². The van der Waals surface area contributed by atoms with Crippen LogP contribution in [0, 0.1) is 4.91 Å². The third-order valence-electron chi connectivity index (χ3n) is 6.33. The number of aromatic nitrogens is 2. The molecule has 1 atom stereocenters. The fourth-order valence-corrected chi connectivity index (χ4v) is 4.86. The lowest BCUT2D eigenvalue weighted by Gasteiger charge is -2.15. The molecule has 1 saturated heterocycles. The Labute approximate surface area is 243 Å². The maximum absolute atomic E-state index is 13.5. The molecule has 2 heterocycles. The van der Waals surface area contributed by atoms with E-state index in [1.807, 2.05) is 5.59 Å². The number of nitrogens with one attached hydrogen (secondary N) is 1. The molecule has 0 saturated carbocycles. The van der Waals surface area contributed by atoms with Crippen LogP contribution in [0.1, 0.15) is 31.0 Å². The first-order chi connectivity index (χ1) is 20.2. The summed E-state index contributed by atoms with van der Waals surface area (Å²) in [6.07, 6.45) is -2.83. The standard InChI is InChI=1S/C26H27F3N5O8S/c1-17(35)41-16-42-31-34(37)32-13-3-4-22(32)25(36)40-15-18-5-7-19(8-6-18)23-14-24(26(27,28)29)30-33(23)20-9-11-21(12-10-20)43(2,38)39/h5-12,14,22H,3-4,13,15-16H2,1-2H3,(H,31,37)/q+1. The molecule has 1 aliphatic rings. The Morgan fingerprint density at radius 3 is 2.37 bits per heavy atom. The van der Waals surface area contributed by atoms with Gasteiger partial charge in [-0.3, -0.25) is 4.79 Å². The van der Waals surface area contributed by atoms with Crippen molar-refractivity contribution in [2.24, 2.45) is 0 Å². The number of hydrazine groups is 2. The first kappa shape index (κ1) is 31.4. The van der Waals surface area contributed by atoms with E-state index < -0.39 is 46.5 Å². The number of benzene rings is 2. The Bertz CT molecular complexity index is 1590. The van der Waals surface area contributed by atoms with Gasteiger partial charge in [-0.1, -0.05) is 29.3 Å². The normalized spacial score (nSPS) is 15.3. The van der Waals surface area contributed by atoms with Gasteiger partial charge < -0.3 is 9.47 Å². The van der Waals surface area contributed by atoms with Crippen LogP contribution in [0.5, 0.6) is 0 Å². The van der Waals surface area contributed by atoms with Crippen LogP contribution < -0.4 is 5.59 Å². The topological polar surface area (TPSA) is 149 Å². The molecule has 1 aromatic heterocycles. The summed E-state index contributed by atoms with van der Waals surface area (Å²) >= 11 is 0. The Morgan fingerprint density at radius 1 is 1.09 bits per heavy atom. The van der Waals surface area contributed by atoms with Gasteiger partial charge in [0, 0.05) is 24.3 Å². The van der Waals surface area contributed by atoms with Gasteiger partial charge in [0.05, 0.1) is 27.7 Å². The number of alkyl halides is 3. The number of carbonyl (C=O) groups is 2. The number of sulfone groups is 1. The van der Waals surface area contributed by atoms with Crippen molar-refractivity contribution in [1.82, 2.24) is 20.4 Å². The lowest BCUT2D eigenvalue weighted by molar-refractivity contribution is -0.791. The van der Waals surface area contributed by atoms with Crippen molar-refractivity contribution < 1.29 is 50.5 Å². The van der Waals surface area contributed by atoms with Crippen molar-refractivity contribution in [3.8, 4) is 16.9 Å². The van der Waals surface area contributed by atoms with E-state index in [1.165, 1.54) is 43.3 Å². The van der Waals surface area contributed by atoms with E-state index >= 15 is 0 Å². The van der Waals surface area contributed by atoms with Gasteiger partial charge in [-0.25, -0.2) is 17.9 Å². The minimum absolute atomic E-state index is 0.00689. The monoisotopic (exact) mass is 626 g/mol. The number of esters is 2. The van der Waals surface area contributed by atoms with E-state index in [-0.39, 0.29) is 34.4 Å². The Kier molecular flexibility index (Phi) is 9.34. The Morgan fingerprint density at radius 2 is 1.77 bits per heavy atom. The predicted molar refractivity (Wildman–Crippen MR) is 141 cm³/mol. The zero-order valence-corrected chi connectivity index (χ0v) is 23.7. The average Bonchev–Trinajstić information content (AvgIpc) is 3.62. The summed E-state index contributed by atoms with van der Waals surface area (Å²) in [5, 5.41) is 4.85. The number of hydrogen-bond acceptors (Lipinski definition) is 9. The molecule has 1 unspecified atom stereocenters. The second kappa shape index (κ2) is 12.8. The molecular weight excluding hydrogens is 599 g/mol. The van der Waals surface area contributed by atoms with Crippen molar-refractivity contribution in [1.29, 1.82) is 0 Å². The lowest BCUT2D eigenvalue weighted by Crippen LogP contribution is -2.48. The molecule has 0 radical (unpaired) electrons. The van der Waals surface area contributed by atoms with E-state index in [4.69, 9.17) is 9.57 Å². The van der Waals surface area contributed by atoms with E-state index in [1.54, 1.807) is 12.1 Å². The van der Waals surface area contributed by atoms with Crippen molar-refractivity contribution in [2.45, 2.75) is 43.5 Å². The summed E-state index contributed by atoms with van der Waals surface area (Å²) in [4.78, 5) is 40.7. The smallest absolute Gasteiger partial charge is 0.435 e. The van der Waals surface area contributed by atoms with Gasteiger partial charge in [-0.15, -0.1) is 0 Å². The molecule has 0 aliphatic carbocycles. The zero-order valence-electron chi connectivity index (χ0n) is 22.9. The molecule has 230 valence electrons. The van der Waals surface area contributed by atoms with Crippen LogP contribution in [-0.4, -0.2) is 65.8 Å². The SMILES string of the molecule is CC(=O)OCON[N+](=O)N1CCCC1C(=O)OCc1ccc(-c2cc(C(F)(F)F)nn2-c2ccc(S(C)(=O)=O)cc2)cc1. The summed E-state index contributed by atoms with van der Waals surface area (Å²) in [6.45, 7) is 0.729. The van der Waals surface area contributed by atoms with Crippen molar-refractivity contribution >= 4 is 21.8 Å². The quantitative estimate of drug-likeness (QED) is 0.110. The fraction of sp³-hybridized carbons (Fsp3) is 0.346. The van der Waals surface area contributed by atoms with E-state index in [9.17, 15) is 36.1 Å². The molecule has 2 aromatic carbocycles. The lowest BCUT2D eigenvalue weighted by atomic mass is 10.1. The molecular formula is C26H27F3N5O8S+. The summed E-state index contributed by atoms with van der Waals surface area (Å²) in [7, 11) is -3.51. The van der Waals surface area contributed by atoms with E-state index in [2.05, 4.69) is 9.84 Å². The average molecular weight is 627 g/mol. The van der Waals surface area contributed by atoms with Crippen LogP contribution in [0.15, 0.2) is 59.5 Å². The first-order valence-corrected chi connectivity index (χ1v) is 14.6. The Hall–Kier alpha value is -4.51. The Balaban J connectivity index is 1.44. The van der Waals surface area contributed by atoms with Crippen LogP contribution in [-0.2, 0) is 46.5 Å². The number of halogens is 3. The third-order valence-corrected chi connectivity index (χ3v) is 7.46. The third kappa shape index (κ3) is 7.86. The van der Waals surface area contributed by atoms with Crippen molar-refractivity contribution in [2.75, 3.05) is 19.6 Å². The highest BCUT2D eigenvalue weighted by atomic mass is 32.2. The second-order valence-corrected chi connectivity index (χ2v) is 11.5. The van der Waals surface area contributed by atoms with Gasteiger partial charge in [-0.2, -0.15) is 23.1 Å². The van der Waals surface area contributed by atoms with Crippen LogP contribution in [0.2, 0.25) is 0 Å². The van der Waals surface area contributed by atoms with Crippen LogP contribution >= 0.6 is 0 Å². The van der Waals surface area contributed by atoms with Crippen LogP contribution in [0.3, 0.4) is 0 Å². The van der Waals surface area contributed by atoms with Crippen LogP contribution in [0.25, 0.3) is 16.9 Å². The summed E-state index contributed by atoms with van der Waals surface area (Å²) < 4.78 is 75.1. The van der Waals surface area contributed by atoms with Gasteiger partial charge in [-0.05, 0) is 48.7 Å². The zero-order chi connectivity index (χ0) is 31.4. The molecule has 0 bridgehead atoms. The maximum atomic E-state index is 13.5. The molecule has 43 heavy (non-hydrogen) atoms. The first-order valence-electron chi connectivity index (χ1n) is 12.7. The maximum Gasteiger partial charge on any atom is 0.435 e. The molecule has 17 heteroatoms. The van der Waals surface area contributed by atoms with Crippen molar-refractivity contribution in [3.63, 3.8) is 0 Å². The highest BCUT2D eigenvalue weighted by molar-refractivity contribution is 7.90. The number of nitrogens with zero attached hydrogens (tertiary/aromatic N) is 4. The molecule has 4 rings (SSSR count). The highest BCUT2D eigenvalue weighted by Crippen LogP contribution is 2.33. The molecule has 3 aromatic rings. The molecule has 1 N–H and O–H groups in total. The number of ether oxygens (including phenoxy) is 2. The minimum atomic E-state index is -4.72. The number of rotatable bonds is 11. The molecule has 13 nitrogen and oxygen atoms in total. The minimum Gasteiger partial charge on any atom is -0.459 e. The molecule has 1 aliphatic heterocycles. The number of carbonyl (C=O) groups excluding carboxylic acids is 2. The van der Waals surface area contributed by atoms with E-state index in [0.29, 0.717) is 24.0 Å². The summed E-state index contributed by atoms with van der Waals surface area (Å²) in [5.41, 5.74) is 2.10. The van der Waals surface area contributed by atoms with E-state index in [0.717, 1.165) is 22.0 Å². The summed E-state index contributed by atoms with van der Waals surface area (Å²) in [6, 6.07) is 11.5.